The summed E-state index contributed by atoms with van der Waals surface area (Å²) < 4.78 is 0. The van der Waals surface area contributed by atoms with Gasteiger partial charge in [0, 0.05) is 0 Å². The molecule has 0 saturated carbocycles. The summed E-state index contributed by atoms with van der Waals surface area (Å²) in [7, 11) is 0. The van der Waals surface area contributed by atoms with Gasteiger partial charge in [0.25, 0.3) is 0 Å². The third kappa shape index (κ3) is 5.34. The van der Waals surface area contributed by atoms with Gasteiger partial charge in [0.2, 0.25) is 0 Å². The standard InChI is InChI=1S/C6H10BN/c1-3-5-8-6-4-7-2/h3-6H,1-2H3/b5-3-,8-6-. The molecule has 0 amide bonds. The molecule has 0 rings (SSSR count). The second-order valence-corrected chi connectivity index (χ2v) is 1.31. The van der Waals surface area contributed by atoms with Gasteiger partial charge in [-0.05, 0) is 0 Å². The summed E-state index contributed by atoms with van der Waals surface area (Å²) in [6, 6.07) is 0. The Bertz CT molecular complexity index is 99.7. The fourth-order valence-electron chi connectivity index (χ4n) is 0.272. The predicted octanol–water partition coefficient (Wildman–Crippen LogP) is 1.15. The molecule has 0 radical (unpaired) electrons. The molecule has 1 nitrogen and oxygen atoms in total. The SMILES string of the molecule is C/B=C/C=N\C=C/C. The van der Waals surface area contributed by atoms with Gasteiger partial charge in [0.1, 0.15) is 0 Å². The minimum atomic E-state index is 1.75. The maximum atomic E-state index is 3.89. The first kappa shape index (κ1) is 7.34. The molecular weight excluding hydrogens is 96.9 g/mol. The molecule has 0 aromatic heterocycles. The van der Waals surface area contributed by atoms with Crippen LogP contribution in [0, 0.1) is 0 Å². The summed E-state index contributed by atoms with van der Waals surface area (Å²) in [5.41, 5.74) is 0. The quantitative estimate of drug-likeness (QED) is 0.370. The van der Waals surface area contributed by atoms with E-state index in [0.717, 1.165) is 0 Å². The first-order valence-electron chi connectivity index (χ1n) is 2.67. The Morgan fingerprint density at radius 3 is 2.75 bits per heavy atom. The van der Waals surface area contributed by atoms with Gasteiger partial charge >= 0.3 is 50.1 Å². The molecule has 0 bridgehead atoms. The molecule has 0 aromatic carbocycles. The topological polar surface area (TPSA) is 12.4 Å². The van der Waals surface area contributed by atoms with E-state index in [2.05, 4.69) is 4.99 Å². The summed E-state index contributed by atoms with van der Waals surface area (Å²) in [4.78, 5) is 3.89. The molecular formula is C6H10BN. The van der Waals surface area contributed by atoms with Crippen LogP contribution in [0.4, 0.5) is 0 Å². The molecule has 0 saturated heterocycles. The van der Waals surface area contributed by atoms with Crippen LogP contribution >= 0.6 is 0 Å². The van der Waals surface area contributed by atoms with Crippen LogP contribution < -0.4 is 0 Å². The van der Waals surface area contributed by atoms with Crippen LogP contribution in [0.3, 0.4) is 0 Å². The van der Waals surface area contributed by atoms with Crippen molar-refractivity contribution in [2.75, 3.05) is 0 Å². The fourth-order valence-corrected chi connectivity index (χ4v) is 0.272. The molecule has 2 heteroatoms. The summed E-state index contributed by atoms with van der Waals surface area (Å²) in [5, 5.41) is 0. The Balaban J connectivity index is 3.35. The van der Waals surface area contributed by atoms with E-state index in [9.17, 15) is 0 Å². The Hall–Kier alpha value is -0.655. The van der Waals surface area contributed by atoms with E-state index in [0.29, 0.717) is 0 Å². The van der Waals surface area contributed by atoms with Gasteiger partial charge in [-0.1, -0.05) is 0 Å². The van der Waals surface area contributed by atoms with E-state index in [-0.39, 0.29) is 0 Å². The molecule has 0 fully saturated rings. The molecule has 0 N–H and O–H groups in total. The number of hydrogen-bond donors (Lipinski definition) is 0. The van der Waals surface area contributed by atoms with Crippen molar-refractivity contribution in [1.29, 1.82) is 0 Å². The molecule has 0 aliphatic carbocycles. The van der Waals surface area contributed by atoms with Gasteiger partial charge in [0.05, 0.1) is 0 Å². The van der Waals surface area contributed by atoms with E-state index < -0.39 is 0 Å². The Morgan fingerprint density at radius 2 is 2.25 bits per heavy atom. The van der Waals surface area contributed by atoms with Crippen molar-refractivity contribution in [1.82, 2.24) is 0 Å². The van der Waals surface area contributed by atoms with E-state index >= 15 is 0 Å². The van der Waals surface area contributed by atoms with Crippen molar-refractivity contribution in [3.05, 3.63) is 12.3 Å². The number of nitrogens with zero attached hydrogens (tertiary/aromatic N) is 1. The summed E-state index contributed by atoms with van der Waals surface area (Å²) in [6.07, 6.45) is 5.39. The van der Waals surface area contributed by atoms with Crippen molar-refractivity contribution < 1.29 is 0 Å². The van der Waals surface area contributed by atoms with Gasteiger partial charge in [-0.2, -0.15) is 0 Å². The molecule has 42 valence electrons. The Labute approximate surface area is 51.0 Å². The van der Waals surface area contributed by atoms with Crippen molar-refractivity contribution in [2.24, 2.45) is 4.99 Å². The second-order valence-electron chi connectivity index (χ2n) is 1.31. The average Bonchev–Trinajstić information content (AvgIpc) is 1.81. The Kier molecular flexibility index (Phi) is 5.83. The predicted molar refractivity (Wildman–Crippen MR) is 41.0 cm³/mol. The molecule has 0 aliphatic rings. The zero-order valence-electron chi connectivity index (χ0n) is 5.33. The Morgan fingerprint density at radius 1 is 1.50 bits per heavy atom. The first-order chi connectivity index (χ1) is 3.91. The third-order valence-corrected chi connectivity index (χ3v) is 0.600. The van der Waals surface area contributed by atoms with E-state index in [1.807, 2.05) is 32.7 Å². The zero-order valence-corrected chi connectivity index (χ0v) is 5.33. The zero-order chi connectivity index (χ0) is 6.24. The normalized spacial score (nSPS) is 11.8. The van der Waals surface area contributed by atoms with Gasteiger partial charge in [-0.3, -0.25) is 0 Å². The van der Waals surface area contributed by atoms with E-state index in [1.165, 1.54) is 0 Å². The molecule has 0 atom stereocenters. The maximum absolute atomic E-state index is 3.89. The van der Waals surface area contributed by atoms with Crippen molar-refractivity contribution in [3.63, 3.8) is 0 Å². The van der Waals surface area contributed by atoms with Gasteiger partial charge in [-0.25, -0.2) is 0 Å². The number of aliphatic imine (C=N–C) groups is 1. The van der Waals surface area contributed by atoms with Crippen LogP contribution in [-0.2, 0) is 0 Å². The third-order valence-electron chi connectivity index (χ3n) is 0.600. The van der Waals surface area contributed by atoms with Gasteiger partial charge in [0.15, 0.2) is 0 Å². The monoisotopic (exact) mass is 107 g/mol. The molecule has 0 aromatic rings. The van der Waals surface area contributed by atoms with E-state index in [1.54, 1.807) is 12.4 Å². The van der Waals surface area contributed by atoms with Crippen LogP contribution in [-0.4, -0.2) is 19.1 Å². The van der Waals surface area contributed by atoms with Crippen LogP contribution in [0.25, 0.3) is 0 Å². The number of allylic oxidation sites excluding steroid dienone is 1. The summed E-state index contributed by atoms with van der Waals surface area (Å²) in [6.45, 7) is 5.84. The summed E-state index contributed by atoms with van der Waals surface area (Å²) in [5.74, 6) is 1.89. The second kappa shape index (κ2) is 6.34. The van der Waals surface area contributed by atoms with Crippen LogP contribution in [0.2, 0.25) is 6.82 Å². The number of hydrogen-bond acceptors (Lipinski definition) is 1. The van der Waals surface area contributed by atoms with Crippen LogP contribution in [0.1, 0.15) is 6.92 Å². The van der Waals surface area contributed by atoms with Crippen molar-refractivity contribution >= 4 is 19.1 Å². The number of rotatable bonds is 2. The molecule has 0 aliphatic heterocycles. The van der Waals surface area contributed by atoms with Crippen molar-refractivity contribution in [2.45, 2.75) is 13.7 Å². The first-order valence-corrected chi connectivity index (χ1v) is 2.67. The fraction of sp³-hybridized carbons (Fsp3) is 0.333. The average molecular weight is 107 g/mol. The van der Waals surface area contributed by atoms with Gasteiger partial charge < -0.3 is 0 Å². The molecule has 0 unspecified atom stereocenters. The minimum absolute atomic E-state index is 1.75. The van der Waals surface area contributed by atoms with Crippen LogP contribution in [0.5, 0.6) is 0 Å². The van der Waals surface area contributed by atoms with Crippen molar-refractivity contribution in [3.8, 4) is 0 Å². The van der Waals surface area contributed by atoms with Crippen LogP contribution in [0.15, 0.2) is 17.3 Å². The van der Waals surface area contributed by atoms with Gasteiger partial charge in [-0.15, -0.1) is 0 Å². The molecule has 8 heavy (non-hydrogen) atoms. The summed E-state index contributed by atoms with van der Waals surface area (Å²) >= 11 is 0. The molecule has 0 spiro atoms. The molecule has 0 heterocycles. The van der Waals surface area contributed by atoms with E-state index in [4.69, 9.17) is 0 Å².